The number of nitriles is 1. The standard InChI is InChI=1S/C13H25N3O/c1-3-13(15,11-14)7-5-9-16-8-4-6-12(10-16)17-2/h12H,3-10,15H2,1-2H3. The van der Waals surface area contributed by atoms with Gasteiger partial charge in [0.15, 0.2) is 0 Å². The molecule has 98 valence electrons. The summed E-state index contributed by atoms with van der Waals surface area (Å²) >= 11 is 0. The van der Waals surface area contributed by atoms with Crippen LogP contribution in [0.3, 0.4) is 0 Å². The zero-order valence-corrected chi connectivity index (χ0v) is 11.1. The second-order valence-electron chi connectivity index (χ2n) is 5.03. The van der Waals surface area contributed by atoms with E-state index in [9.17, 15) is 0 Å². The molecule has 2 N–H and O–H groups in total. The highest BCUT2D eigenvalue weighted by Crippen LogP contribution is 2.16. The zero-order chi connectivity index (χ0) is 12.7. The molecular weight excluding hydrogens is 214 g/mol. The Morgan fingerprint density at radius 1 is 1.59 bits per heavy atom. The third-order valence-electron chi connectivity index (χ3n) is 3.75. The third kappa shape index (κ3) is 4.63. The summed E-state index contributed by atoms with van der Waals surface area (Å²) in [4.78, 5) is 2.42. The fourth-order valence-corrected chi connectivity index (χ4v) is 2.34. The van der Waals surface area contributed by atoms with E-state index in [0.29, 0.717) is 6.10 Å². The summed E-state index contributed by atoms with van der Waals surface area (Å²) in [7, 11) is 1.78. The fraction of sp³-hybridized carbons (Fsp3) is 0.923. The van der Waals surface area contributed by atoms with Crippen molar-refractivity contribution in [3.63, 3.8) is 0 Å². The predicted octanol–water partition coefficient (Wildman–Crippen LogP) is 1.51. The molecule has 1 heterocycles. The maximum atomic E-state index is 8.99. The van der Waals surface area contributed by atoms with E-state index < -0.39 is 5.54 Å². The molecule has 0 bridgehead atoms. The molecule has 1 aliphatic heterocycles. The van der Waals surface area contributed by atoms with Gasteiger partial charge in [0.05, 0.1) is 12.2 Å². The Morgan fingerprint density at radius 2 is 2.35 bits per heavy atom. The first-order valence-corrected chi connectivity index (χ1v) is 6.59. The van der Waals surface area contributed by atoms with Gasteiger partial charge in [-0.3, -0.25) is 0 Å². The van der Waals surface area contributed by atoms with Crippen LogP contribution in [0.15, 0.2) is 0 Å². The van der Waals surface area contributed by atoms with E-state index in [2.05, 4.69) is 11.0 Å². The number of likely N-dealkylation sites (tertiary alicyclic amines) is 1. The molecule has 4 nitrogen and oxygen atoms in total. The summed E-state index contributed by atoms with van der Waals surface area (Å²) < 4.78 is 5.39. The van der Waals surface area contributed by atoms with Gasteiger partial charge in [-0.25, -0.2) is 0 Å². The summed E-state index contributed by atoms with van der Waals surface area (Å²) in [5.41, 5.74) is 5.33. The molecule has 1 aliphatic rings. The second kappa shape index (κ2) is 6.95. The summed E-state index contributed by atoms with van der Waals surface area (Å²) in [5.74, 6) is 0. The molecule has 0 amide bonds. The quantitative estimate of drug-likeness (QED) is 0.763. The number of rotatable bonds is 6. The van der Waals surface area contributed by atoms with Gasteiger partial charge in [0, 0.05) is 13.7 Å². The first-order valence-electron chi connectivity index (χ1n) is 6.59. The van der Waals surface area contributed by atoms with E-state index in [1.165, 1.54) is 12.8 Å². The lowest BCUT2D eigenvalue weighted by atomic mass is 9.93. The fourth-order valence-electron chi connectivity index (χ4n) is 2.34. The Kier molecular flexibility index (Phi) is 5.90. The van der Waals surface area contributed by atoms with Gasteiger partial charge in [0.1, 0.15) is 5.54 Å². The highest BCUT2D eigenvalue weighted by molar-refractivity contribution is 5.03. The minimum absolute atomic E-state index is 0.383. The van der Waals surface area contributed by atoms with Crippen LogP contribution < -0.4 is 5.73 Å². The number of nitrogens with zero attached hydrogens (tertiary/aromatic N) is 2. The number of hydrogen-bond acceptors (Lipinski definition) is 4. The normalized spacial score (nSPS) is 25.2. The van der Waals surface area contributed by atoms with Gasteiger partial charge in [-0.15, -0.1) is 0 Å². The largest absolute Gasteiger partial charge is 0.380 e. The van der Waals surface area contributed by atoms with Crippen molar-refractivity contribution in [2.45, 2.75) is 50.7 Å². The third-order valence-corrected chi connectivity index (χ3v) is 3.75. The van der Waals surface area contributed by atoms with Crippen LogP contribution in [0.5, 0.6) is 0 Å². The van der Waals surface area contributed by atoms with E-state index in [-0.39, 0.29) is 0 Å². The summed E-state index contributed by atoms with van der Waals surface area (Å²) in [6.45, 7) is 5.18. The SMILES string of the molecule is CCC(N)(C#N)CCCN1CCCC(OC)C1. The molecule has 2 unspecified atom stereocenters. The van der Waals surface area contributed by atoms with Gasteiger partial charge in [0.25, 0.3) is 0 Å². The highest BCUT2D eigenvalue weighted by atomic mass is 16.5. The van der Waals surface area contributed by atoms with Gasteiger partial charge < -0.3 is 15.4 Å². The Morgan fingerprint density at radius 3 is 2.94 bits per heavy atom. The van der Waals surface area contributed by atoms with E-state index in [1.54, 1.807) is 7.11 Å². The van der Waals surface area contributed by atoms with Crippen molar-refractivity contribution >= 4 is 0 Å². The Hall–Kier alpha value is -0.630. The zero-order valence-electron chi connectivity index (χ0n) is 11.1. The van der Waals surface area contributed by atoms with Crippen LogP contribution in [0, 0.1) is 11.3 Å². The summed E-state index contributed by atoms with van der Waals surface area (Å²) in [6.07, 6.45) is 5.26. The number of methoxy groups -OCH3 is 1. The van der Waals surface area contributed by atoms with E-state index >= 15 is 0 Å². The maximum Gasteiger partial charge on any atom is 0.104 e. The van der Waals surface area contributed by atoms with Crippen LogP contribution in [-0.2, 0) is 4.74 Å². The smallest absolute Gasteiger partial charge is 0.104 e. The average molecular weight is 239 g/mol. The number of hydrogen-bond donors (Lipinski definition) is 1. The molecule has 1 rings (SSSR count). The van der Waals surface area contributed by atoms with E-state index in [0.717, 1.165) is 38.9 Å². The molecule has 17 heavy (non-hydrogen) atoms. The first-order chi connectivity index (χ1) is 8.13. The number of ether oxygens (including phenoxy) is 1. The van der Waals surface area contributed by atoms with Crippen molar-refractivity contribution in [1.29, 1.82) is 5.26 Å². The predicted molar refractivity (Wildman–Crippen MR) is 68.5 cm³/mol. The minimum atomic E-state index is -0.629. The Bertz CT molecular complexity index is 264. The number of nitrogens with two attached hydrogens (primary N) is 1. The van der Waals surface area contributed by atoms with Crippen molar-refractivity contribution in [3.05, 3.63) is 0 Å². The highest BCUT2D eigenvalue weighted by Gasteiger charge is 2.23. The molecular formula is C13H25N3O. The molecule has 0 spiro atoms. The van der Waals surface area contributed by atoms with Gasteiger partial charge in [0.2, 0.25) is 0 Å². The van der Waals surface area contributed by atoms with Gasteiger partial charge in [-0.2, -0.15) is 5.26 Å². The van der Waals surface area contributed by atoms with Gasteiger partial charge in [-0.05, 0) is 45.2 Å². The van der Waals surface area contributed by atoms with Crippen LogP contribution in [-0.4, -0.2) is 43.3 Å². The summed E-state index contributed by atoms with van der Waals surface area (Å²) in [5, 5.41) is 8.99. The molecule has 0 saturated carbocycles. The first kappa shape index (κ1) is 14.4. The van der Waals surface area contributed by atoms with Crippen molar-refractivity contribution in [2.75, 3.05) is 26.7 Å². The maximum absolute atomic E-state index is 8.99. The van der Waals surface area contributed by atoms with Crippen LogP contribution in [0.1, 0.15) is 39.0 Å². The Balaban J connectivity index is 2.24. The van der Waals surface area contributed by atoms with E-state index in [1.807, 2.05) is 6.92 Å². The molecule has 0 aromatic rings. The molecule has 4 heteroatoms. The molecule has 0 aromatic heterocycles. The lowest BCUT2D eigenvalue weighted by Crippen LogP contribution is -2.41. The monoisotopic (exact) mass is 239 g/mol. The lowest BCUT2D eigenvalue weighted by molar-refractivity contribution is 0.0306. The minimum Gasteiger partial charge on any atom is -0.380 e. The van der Waals surface area contributed by atoms with Gasteiger partial charge >= 0.3 is 0 Å². The van der Waals surface area contributed by atoms with Crippen LogP contribution >= 0.6 is 0 Å². The van der Waals surface area contributed by atoms with Crippen LogP contribution in [0.2, 0.25) is 0 Å². The Labute approximate surface area is 105 Å². The van der Waals surface area contributed by atoms with Crippen LogP contribution in [0.4, 0.5) is 0 Å². The second-order valence-corrected chi connectivity index (χ2v) is 5.03. The topological polar surface area (TPSA) is 62.3 Å². The molecule has 1 fully saturated rings. The van der Waals surface area contributed by atoms with Crippen molar-refractivity contribution in [2.24, 2.45) is 5.73 Å². The van der Waals surface area contributed by atoms with Crippen molar-refractivity contribution < 1.29 is 4.74 Å². The van der Waals surface area contributed by atoms with Crippen molar-refractivity contribution in [1.82, 2.24) is 4.90 Å². The number of piperidine rings is 1. The average Bonchev–Trinajstić information content (AvgIpc) is 2.39. The molecule has 0 aliphatic carbocycles. The molecule has 2 atom stereocenters. The van der Waals surface area contributed by atoms with Crippen molar-refractivity contribution in [3.8, 4) is 6.07 Å². The summed E-state index contributed by atoms with van der Waals surface area (Å²) in [6, 6.07) is 2.22. The molecule has 0 aromatic carbocycles. The lowest BCUT2D eigenvalue weighted by Gasteiger charge is -2.32. The van der Waals surface area contributed by atoms with E-state index in [4.69, 9.17) is 15.7 Å². The molecule has 1 saturated heterocycles. The van der Waals surface area contributed by atoms with Crippen LogP contribution in [0.25, 0.3) is 0 Å². The molecule has 0 radical (unpaired) electrons. The van der Waals surface area contributed by atoms with Gasteiger partial charge in [-0.1, -0.05) is 6.92 Å².